The van der Waals surface area contributed by atoms with Gasteiger partial charge in [-0.2, -0.15) is 13.2 Å². The van der Waals surface area contributed by atoms with Crippen molar-refractivity contribution >= 4 is 5.69 Å². The first-order chi connectivity index (χ1) is 8.39. The number of ether oxygens (including phenoxy) is 1. The quantitative estimate of drug-likeness (QED) is 0.828. The molecule has 1 aromatic rings. The first kappa shape index (κ1) is 13.0. The summed E-state index contributed by atoms with van der Waals surface area (Å²) in [5, 5.41) is 0. The minimum atomic E-state index is -4.16. The number of nitrogens with two attached hydrogens (primary N) is 1. The first-order valence-corrected chi connectivity index (χ1v) is 5.63. The summed E-state index contributed by atoms with van der Waals surface area (Å²) in [4.78, 5) is 1.38. The van der Waals surface area contributed by atoms with Gasteiger partial charge in [-0.3, -0.25) is 4.90 Å². The Labute approximate surface area is 103 Å². The number of methoxy groups -OCH3 is 1. The predicted molar refractivity (Wildman–Crippen MR) is 62.4 cm³/mol. The van der Waals surface area contributed by atoms with Crippen LogP contribution in [0.3, 0.4) is 0 Å². The lowest BCUT2D eigenvalue weighted by atomic mass is 9.98. The second kappa shape index (κ2) is 4.68. The molecule has 0 spiro atoms. The van der Waals surface area contributed by atoms with E-state index in [9.17, 15) is 13.2 Å². The summed E-state index contributed by atoms with van der Waals surface area (Å²) in [6.07, 6.45) is -3.57. The monoisotopic (exact) mass is 260 g/mol. The van der Waals surface area contributed by atoms with Crippen LogP contribution < -0.4 is 10.5 Å². The number of benzene rings is 1. The van der Waals surface area contributed by atoms with Crippen molar-refractivity contribution < 1.29 is 17.9 Å². The Morgan fingerprint density at radius 3 is 2.67 bits per heavy atom. The minimum absolute atomic E-state index is 0.281. The van der Waals surface area contributed by atoms with E-state index in [4.69, 9.17) is 10.5 Å². The fourth-order valence-corrected chi connectivity index (χ4v) is 2.23. The first-order valence-electron chi connectivity index (χ1n) is 5.63. The molecule has 18 heavy (non-hydrogen) atoms. The maximum atomic E-state index is 12.3. The van der Waals surface area contributed by atoms with Crippen LogP contribution in [0.15, 0.2) is 12.1 Å². The molecule has 0 fully saturated rings. The molecule has 0 bridgehead atoms. The smallest absolute Gasteiger partial charge is 0.401 e. The Kier molecular flexibility index (Phi) is 3.38. The maximum absolute atomic E-state index is 12.3. The average molecular weight is 260 g/mol. The zero-order valence-corrected chi connectivity index (χ0v) is 10.0. The molecule has 1 aromatic carbocycles. The highest BCUT2D eigenvalue weighted by atomic mass is 19.4. The largest absolute Gasteiger partial charge is 0.495 e. The normalized spacial score (nSPS) is 16.4. The number of rotatable bonds is 2. The van der Waals surface area contributed by atoms with Crippen LogP contribution in [0, 0.1) is 0 Å². The van der Waals surface area contributed by atoms with Gasteiger partial charge in [0.2, 0.25) is 0 Å². The third-order valence-electron chi connectivity index (χ3n) is 3.05. The fourth-order valence-electron chi connectivity index (χ4n) is 2.23. The highest BCUT2D eigenvalue weighted by Crippen LogP contribution is 2.30. The zero-order valence-electron chi connectivity index (χ0n) is 10.0. The summed E-state index contributed by atoms with van der Waals surface area (Å²) in [6.45, 7) is -0.193. The lowest BCUT2D eigenvalue weighted by Gasteiger charge is -2.29. The Hall–Kier alpha value is -1.43. The van der Waals surface area contributed by atoms with E-state index in [1.54, 1.807) is 6.07 Å². The van der Waals surface area contributed by atoms with Gasteiger partial charge in [0.05, 0.1) is 19.3 Å². The van der Waals surface area contributed by atoms with Gasteiger partial charge in [0.25, 0.3) is 0 Å². The van der Waals surface area contributed by atoms with Gasteiger partial charge in [-0.15, -0.1) is 0 Å². The van der Waals surface area contributed by atoms with E-state index in [0.717, 1.165) is 11.1 Å². The summed E-state index contributed by atoms with van der Waals surface area (Å²) in [7, 11) is 1.52. The molecule has 0 amide bonds. The highest BCUT2D eigenvalue weighted by molar-refractivity contribution is 5.57. The average Bonchev–Trinajstić information content (AvgIpc) is 2.25. The molecule has 2 N–H and O–H groups in total. The van der Waals surface area contributed by atoms with E-state index in [1.165, 1.54) is 12.0 Å². The van der Waals surface area contributed by atoms with Crippen LogP contribution in [0.25, 0.3) is 0 Å². The molecule has 0 saturated heterocycles. The van der Waals surface area contributed by atoms with E-state index in [0.29, 0.717) is 24.4 Å². The van der Waals surface area contributed by atoms with E-state index in [-0.39, 0.29) is 6.54 Å². The van der Waals surface area contributed by atoms with Crippen LogP contribution in [-0.4, -0.2) is 31.3 Å². The predicted octanol–water partition coefficient (Wildman–Crippen LogP) is 2.20. The van der Waals surface area contributed by atoms with Crippen LogP contribution in [0.4, 0.5) is 18.9 Å². The third kappa shape index (κ3) is 2.87. The van der Waals surface area contributed by atoms with E-state index < -0.39 is 12.7 Å². The molecular formula is C12H15F3N2O. The number of nitrogens with zero attached hydrogens (tertiary/aromatic N) is 1. The molecule has 0 aromatic heterocycles. The van der Waals surface area contributed by atoms with Crippen LogP contribution in [0.1, 0.15) is 11.1 Å². The lowest BCUT2D eigenvalue weighted by molar-refractivity contribution is -0.147. The van der Waals surface area contributed by atoms with Gasteiger partial charge >= 0.3 is 6.18 Å². The fraction of sp³-hybridized carbons (Fsp3) is 0.500. The molecule has 0 aliphatic carbocycles. The molecule has 0 saturated carbocycles. The maximum Gasteiger partial charge on any atom is 0.401 e. The molecule has 1 aliphatic rings. The topological polar surface area (TPSA) is 38.5 Å². The van der Waals surface area contributed by atoms with Gasteiger partial charge in [-0.1, -0.05) is 0 Å². The van der Waals surface area contributed by atoms with Crippen molar-refractivity contribution in [2.45, 2.75) is 19.1 Å². The van der Waals surface area contributed by atoms with Gasteiger partial charge in [0.1, 0.15) is 5.75 Å². The van der Waals surface area contributed by atoms with Crippen LogP contribution in [-0.2, 0) is 13.0 Å². The lowest BCUT2D eigenvalue weighted by Crippen LogP contribution is -2.38. The molecule has 0 unspecified atom stereocenters. The Balaban J connectivity index is 2.17. The number of hydrogen-bond acceptors (Lipinski definition) is 3. The number of hydrogen-bond donors (Lipinski definition) is 1. The zero-order chi connectivity index (χ0) is 13.3. The highest BCUT2D eigenvalue weighted by Gasteiger charge is 2.32. The Morgan fingerprint density at radius 2 is 2.06 bits per heavy atom. The number of fused-ring (bicyclic) bond motifs is 1. The van der Waals surface area contributed by atoms with E-state index >= 15 is 0 Å². The van der Waals surface area contributed by atoms with Gasteiger partial charge in [-0.05, 0) is 29.7 Å². The number of nitrogen functional groups attached to an aromatic ring is 1. The molecule has 100 valence electrons. The van der Waals surface area contributed by atoms with Gasteiger partial charge in [0.15, 0.2) is 0 Å². The van der Waals surface area contributed by atoms with Crippen LogP contribution >= 0.6 is 0 Å². The molecule has 1 heterocycles. The molecule has 0 radical (unpaired) electrons. The Bertz CT molecular complexity index is 446. The second-order valence-corrected chi connectivity index (χ2v) is 4.44. The van der Waals surface area contributed by atoms with Crippen molar-refractivity contribution in [3.8, 4) is 5.75 Å². The molecule has 3 nitrogen and oxygen atoms in total. The van der Waals surface area contributed by atoms with E-state index in [2.05, 4.69) is 0 Å². The van der Waals surface area contributed by atoms with Crippen molar-refractivity contribution in [1.82, 2.24) is 4.90 Å². The SMILES string of the molecule is COc1cc2c(cc1N)CN(CC(F)(F)F)CC2. The summed E-state index contributed by atoms with van der Waals surface area (Å²) in [6, 6.07) is 3.52. The van der Waals surface area contributed by atoms with Crippen LogP contribution in [0.2, 0.25) is 0 Å². The summed E-state index contributed by atoms with van der Waals surface area (Å²) < 4.78 is 42.1. The van der Waals surface area contributed by atoms with Gasteiger partial charge in [0, 0.05) is 13.1 Å². The third-order valence-corrected chi connectivity index (χ3v) is 3.05. The molecule has 1 aliphatic heterocycles. The second-order valence-electron chi connectivity index (χ2n) is 4.44. The summed E-state index contributed by atoms with van der Waals surface area (Å²) >= 11 is 0. The van der Waals surface area contributed by atoms with Crippen molar-refractivity contribution in [3.05, 3.63) is 23.3 Å². The van der Waals surface area contributed by atoms with Crippen molar-refractivity contribution in [2.24, 2.45) is 0 Å². The molecule has 0 atom stereocenters. The van der Waals surface area contributed by atoms with E-state index in [1.807, 2.05) is 6.07 Å². The van der Waals surface area contributed by atoms with Crippen molar-refractivity contribution in [2.75, 3.05) is 25.9 Å². The number of anilines is 1. The minimum Gasteiger partial charge on any atom is -0.495 e. The van der Waals surface area contributed by atoms with Gasteiger partial charge in [-0.25, -0.2) is 0 Å². The number of halogens is 3. The molecular weight excluding hydrogens is 245 g/mol. The molecule has 6 heteroatoms. The van der Waals surface area contributed by atoms with Gasteiger partial charge < -0.3 is 10.5 Å². The summed E-state index contributed by atoms with van der Waals surface area (Å²) in [5.74, 6) is 0.582. The number of alkyl halides is 3. The van der Waals surface area contributed by atoms with Crippen LogP contribution in [0.5, 0.6) is 5.75 Å². The van der Waals surface area contributed by atoms with Crippen molar-refractivity contribution in [1.29, 1.82) is 0 Å². The molecule has 2 rings (SSSR count). The standard InChI is InChI=1S/C12H15F3N2O/c1-18-11-5-8-2-3-17(7-12(13,14)15)6-9(8)4-10(11)16/h4-5H,2-3,6-7,16H2,1H3. The van der Waals surface area contributed by atoms with Crippen molar-refractivity contribution in [3.63, 3.8) is 0 Å². The summed E-state index contributed by atoms with van der Waals surface area (Å²) in [5.41, 5.74) is 8.09. The Morgan fingerprint density at radius 1 is 1.33 bits per heavy atom.